The molecule has 2 aromatic heterocycles. The van der Waals surface area contributed by atoms with Crippen molar-refractivity contribution >= 4 is 28.8 Å². The van der Waals surface area contributed by atoms with E-state index in [4.69, 9.17) is 4.74 Å². The van der Waals surface area contributed by atoms with Gasteiger partial charge >= 0.3 is 0 Å². The number of anilines is 1. The number of thiazole rings is 1. The minimum atomic E-state index is -0.324. The van der Waals surface area contributed by atoms with Crippen LogP contribution in [0.2, 0.25) is 0 Å². The summed E-state index contributed by atoms with van der Waals surface area (Å²) >= 11 is 1.56. The Hall–Kier alpha value is -3.26. The molecule has 1 atom stereocenters. The van der Waals surface area contributed by atoms with Crippen LogP contribution in [-0.4, -0.2) is 28.4 Å². The van der Waals surface area contributed by atoms with Crippen molar-refractivity contribution in [2.45, 2.75) is 33.7 Å². The molecular formula is C23H26N4O3S. The lowest BCUT2D eigenvalue weighted by molar-refractivity contribution is -0.118. The molecule has 3 rings (SSSR count). The molecule has 2 N–H and O–H groups in total. The Kier molecular flexibility index (Phi) is 7.36. The van der Waals surface area contributed by atoms with E-state index in [0.29, 0.717) is 23.7 Å². The third-order valence-electron chi connectivity index (χ3n) is 4.61. The van der Waals surface area contributed by atoms with Gasteiger partial charge in [0, 0.05) is 29.1 Å². The first-order valence-electron chi connectivity index (χ1n) is 10.1. The topological polar surface area (TPSA) is 93.2 Å². The van der Waals surface area contributed by atoms with Crippen molar-refractivity contribution in [2.75, 3.05) is 11.9 Å². The van der Waals surface area contributed by atoms with E-state index in [1.165, 1.54) is 6.20 Å². The highest BCUT2D eigenvalue weighted by Gasteiger charge is 2.19. The maximum atomic E-state index is 13.1. The fourth-order valence-corrected chi connectivity index (χ4v) is 3.53. The summed E-state index contributed by atoms with van der Waals surface area (Å²) in [7, 11) is 0. The third-order valence-corrected chi connectivity index (χ3v) is 5.43. The molecule has 0 aliphatic rings. The van der Waals surface area contributed by atoms with Gasteiger partial charge in [0.2, 0.25) is 11.8 Å². The van der Waals surface area contributed by atoms with Gasteiger partial charge in [-0.05, 0) is 25.5 Å². The van der Waals surface area contributed by atoms with E-state index in [1.807, 2.05) is 43.5 Å². The van der Waals surface area contributed by atoms with Crippen LogP contribution in [0.4, 0.5) is 5.69 Å². The number of nitrogens with one attached hydrogen (secondary N) is 2. The predicted octanol–water partition coefficient (Wildman–Crippen LogP) is 4.69. The summed E-state index contributed by atoms with van der Waals surface area (Å²) in [6.45, 7) is 7.75. The second kappa shape index (κ2) is 10.2. The highest BCUT2D eigenvalue weighted by atomic mass is 32.1. The van der Waals surface area contributed by atoms with E-state index in [-0.39, 0.29) is 23.8 Å². The number of carbonyl (C=O) groups excluding carboxylic acids is 2. The van der Waals surface area contributed by atoms with Crippen LogP contribution < -0.4 is 15.4 Å². The average Bonchev–Trinajstić information content (AvgIpc) is 3.30. The van der Waals surface area contributed by atoms with Gasteiger partial charge in [0.15, 0.2) is 0 Å². The van der Waals surface area contributed by atoms with Gasteiger partial charge in [-0.3, -0.25) is 9.59 Å². The number of benzene rings is 1. The minimum absolute atomic E-state index is 0.191. The van der Waals surface area contributed by atoms with Crippen LogP contribution in [0.25, 0.3) is 10.6 Å². The fourth-order valence-electron chi connectivity index (χ4n) is 2.89. The van der Waals surface area contributed by atoms with Gasteiger partial charge in [-0.1, -0.05) is 32.0 Å². The number of hydrogen-bond acceptors (Lipinski definition) is 6. The number of ether oxygens (including phenoxy) is 1. The number of carbonyl (C=O) groups is 2. The first kappa shape index (κ1) is 22.4. The quantitative estimate of drug-likeness (QED) is 0.532. The van der Waals surface area contributed by atoms with Crippen molar-refractivity contribution in [1.29, 1.82) is 0 Å². The summed E-state index contributed by atoms with van der Waals surface area (Å²) in [5.41, 5.74) is 2.60. The summed E-state index contributed by atoms with van der Waals surface area (Å²) in [6, 6.07) is 9.21. The lowest BCUT2D eigenvalue weighted by atomic mass is 10.0. The molecule has 162 valence electrons. The van der Waals surface area contributed by atoms with E-state index in [9.17, 15) is 9.59 Å². The van der Waals surface area contributed by atoms with Gasteiger partial charge in [0.1, 0.15) is 5.01 Å². The van der Waals surface area contributed by atoms with Crippen LogP contribution in [0, 0.1) is 5.92 Å². The molecule has 2 amide bonds. The standard InChI is InChI=1S/C23H26N4O3S/c1-5-30-20-12-18(19(13-25-20)27-21(28)14(2)3)22(29)26-15(4)16-7-6-8-17(11-16)23-24-9-10-31-23/h6-15H,5H2,1-4H3,(H,26,29)(H,27,28). The van der Waals surface area contributed by atoms with Crippen LogP contribution in [0.5, 0.6) is 5.88 Å². The largest absolute Gasteiger partial charge is 0.478 e. The van der Waals surface area contributed by atoms with Gasteiger partial charge in [0.05, 0.1) is 30.1 Å². The molecule has 0 saturated heterocycles. The zero-order valence-corrected chi connectivity index (χ0v) is 18.8. The van der Waals surface area contributed by atoms with Crippen molar-refractivity contribution in [2.24, 2.45) is 5.92 Å². The summed E-state index contributed by atoms with van der Waals surface area (Å²) in [5, 5.41) is 8.64. The second-order valence-corrected chi connectivity index (χ2v) is 8.20. The number of nitrogens with zero attached hydrogens (tertiary/aromatic N) is 2. The van der Waals surface area contributed by atoms with Crippen molar-refractivity contribution in [3.8, 4) is 16.5 Å². The monoisotopic (exact) mass is 438 g/mol. The summed E-state index contributed by atoms with van der Waals surface area (Å²) in [6.07, 6.45) is 3.22. The molecule has 31 heavy (non-hydrogen) atoms. The average molecular weight is 439 g/mol. The van der Waals surface area contributed by atoms with E-state index in [1.54, 1.807) is 37.4 Å². The number of pyridine rings is 1. The lowest BCUT2D eigenvalue weighted by Crippen LogP contribution is -2.28. The van der Waals surface area contributed by atoms with Crippen molar-refractivity contribution < 1.29 is 14.3 Å². The van der Waals surface area contributed by atoms with E-state index < -0.39 is 0 Å². The Morgan fingerprint density at radius 3 is 2.65 bits per heavy atom. The number of hydrogen-bond donors (Lipinski definition) is 2. The molecule has 0 spiro atoms. The Labute approximate surface area is 185 Å². The fraction of sp³-hybridized carbons (Fsp3) is 0.304. The van der Waals surface area contributed by atoms with Crippen molar-refractivity contribution in [1.82, 2.24) is 15.3 Å². The van der Waals surface area contributed by atoms with Crippen molar-refractivity contribution in [3.63, 3.8) is 0 Å². The highest BCUT2D eigenvalue weighted by molar-refractivity contribution is 7.13. The molecule has 3 aromatic rings. The number of amides is 2. The van der Waals surface area contributed by atoms with Crippen LogP contribution in [0.3, 0.4) is 0 Å². The molecule has 0 saturated carbocycles. The van der Waals surface area contributed by atoms with Crippen LogP contribution in [0.1, 0.15) is 49.7 Å². The van der Waals surface area contributed by atoms with Gasteiger partial charge in [-0.15, -0.1) is 11.3 Å². The van der Waals surface area contributed by atoms with E-state index in [0.717, 1.165) is 16.1 Å². The zero-order valence-electron chi connectivity index (χ0n) is 18.0. The second-order valence-electron chi connectivity index (χ2n) is 7.30. The number of aromatic nitrogens is 2. The number of rotatable bonds is 8. The predicted molar refractivity (Wildman–Crippen MR) is 122 cm³/mol. The lowest BCUT2D eigenvalue weighted by Gasteiger charge is -2.18. The molecular weight excluding hydrogens is 412 g/mol. The van der Waals surface area contributed by atoms with Crippen LogP contribution in [-0.2, 0) is 4.79 Å². The van der Waals surface area contributed by atoms with E-state index >= 15 is 0 Å². The minimum Gasteiger partial charge on any atom is -0.478 e. The molecule has 1 unspecified atom stereocenters. The van der Waals surface area contributed by atoms with Gasteiger partial charge in [-0.2, -0.15) is 0 Å². The van der Waals surface area contributed by atoms with Gasteiger partial charge in [0.25, 0.3) is 5.91 Å². The third kappa shape index (κ3) is 5.67. The molecule has 0 bridgehead atoms. The summed E-state index contributed by atoms with van der Waals surface area (Å²) in [4.78, 5) is 33.8. The Bertz CT molecular complexity index is 1050. The maximum Gasteiger partial charge on any atom is 0.254 e. The Morgan fingerprint density at radius 2 is 1.97 bits per heavy atom. The first-order valence-corrected chi connectivity index (χ1v) is 11.0. The van der Waals surface area contributed by atoms with Gasteiger partial charge < -0.3 is 15.4 Å². The molecule has 0 radical (unpaired) electrons. The van der Waals surface area contributed by atoms with E-state index in [2.05, 4.69) is 20.6 Å². The summed E-state index contributed by atoms with van der Waals surface area (Å²) < 4.78 is 5.44. The molecule has 0 fully saturated rings. The highest BCUT2D eigenvalue weighted by Crippen LogP contribution is 2.26. The maximum absolute atomic E-state index is 13.1. The molecule has 0 aliphatic carbocycles. The first-order chi connectivity index (χ1) is 14.9. The molecule has 0 aliphatic heterocycles. The van der Waals surface area contributed by atoms with Crippen molar-refractivity contribution in [3.05, 3.63) is 59.2 Å². The summed E-state index contributed by atoms with van der Waals surface area (Å²) in [5.74, 6) is -0.414. The van der Waals surface area contributed by atoms with Crippen LogP contribution >= 0.6 is 11.3 Å². The Balaban J connectivity index is 1.83. The normalized spacial score (nSPS) is 11.8. The molecule has 2 heterocycles. The molecule has 8 heteroatoms. The molecule has 7 nitrogen and oxygen atoms in total. The smallest absolute Gasteiger partial charge is 0.254 e. The zero-order chi connectivity index (χ0) is 22.4. The Morgan fingerprint density at radius 1 is 1.16 bits per heavy atom. The van der Waals surface area contributed by atoms with Gasteiger partial charge in [-0.25, -0.2) is 9.97 Å². The molecule has 1 aromatic carbocycles. The van der Waals surface area contributed by atoms with Crippen LogP contribution in [0.15, 0.2) is 48.1 Å². The SMILES string of the molecule is CCOc1cc(C(=O)NC(C)c2cccc(-c3nccs3)c2)c(NC(=O)C(C)C)cn1.